The van der Waals surface area contributed by atoms with E-state index < -0.39 is 17.5 Å². The maximum Gasteiger partial charge on any atom is 0.339 e. The molecule has 3 rings (SSSR count). The van der Waals surface area contributed by atoms with E-state index in [1.165, 1.54) is 6.07 Å². The Kier molecular flexibility index (Phi) is 4.57. The van der Waals surface area contributed by atoms with Crippen molar-refractivity contribution in [2.45, 2.75) is 31.8 Å². The van der Waals surface area contributed by atoms with Crippen LogP contribution in [0.1, 0.15) is 47.9 Å². The van der Waals surface area contributed by atoms with Gasteiger partial charge in [-0.2, -0.15) is 0 Å². The van der Waals surface area contributed by atoms with Crippen LogP contribution in [-0.2, 0) is 14.9 Å². The molecule has 0 aromatic heterocycles. The van der Waals surface area contributed by atoms with Gasteiger partial charge in [-0.1, -0.05) is 50.2 Å². The minimum absolute atomic E-state index is 0.0517. The van der Waals surface area contributed by atoms with Crippen molar-refractivity contribution < 1.29 is 18.7 Å². The van der Waals surface area contributed by atoms with Crippen LogP contribution in [-0.4, -0.2) is 18.4 Å². The monoisotopic (exact) mass is 341 g/mol. The summed E-state index contributed by atoms with van der Waals surface area (Å²) in [4.78, 5) is 24.1. The highest BCUT2D eigenvalue weighted by Crippen LogP contribution is 2.32. The number of cyclic esters (lactones) is 1. The molecule has 1 unspecified atom stereocenters. The van der Waals surface area contributed by atoms with Crippen molar-refractivity contribution >= 4 is 11.9 Å². The molecule has 130 valence electrons. The van der Waals surface area contributed by atoms with Crippen molar-refractivity contribution in [2.75, 3.05) is 6.54 Å². The molecule has 0 saturated heterocycles. The van der Waals surface area contributed by atoms with E-state index in [2.05, 4.69) is 5.32 Å². The average molecular weight is 341 g/mol. The first kappa shape index (κ1) is 17.1. The molecule has 1 amide bonds. The lowest BCUT2D eigenvalue weighted by molar-refractivity contribution is -0.123. The Hall–Kier alpha value is -2.69. The SMILES string of the molecule is CC(C)(CNC(=O)CC1OC(=O)c2ccccc21)c1ccccc1F. The standard InChI is InChI=1S/C20H20FNO3/c1-20(2,15-9-5-6-10-16(15)21)12-22-18(23)11-17-13-7-3-4-8-14(13)19(24)25-17/h3-10,17H,11-12H2,1-2H3,(H,22,23). The minimum Gasteiger partial charge on any atom is -0.453 e. The molecule has 0 radical (unpaired) electrons. The van der Waals surface area contributed by atoms with E-state index in [-0.39, 0.29) is 24.7 Å². The number of rotatable bonds is 5. The summed E-state index contributed by atoms with van der Waals surface area (Å²) in [7, 11) is 0. The number of hydrogen-bond donors (Lipinski definition) is 1. The third kappa shape index (κ3) is 3.55. The van der Waals surface area contributed by atoms with Gasteiger partial charge in [0.1, 0.15) is 11.9 Å². The van der Waals surface area contributed by atoms with Crippen LogP contribution < -0.4 is 5.32 Å². The van der Waals surface area contributed by atoms with Gasteiger partial charge in [-0.25, -0.2) is 9.18 Å². The fourth-order valence-corrected chi connectivity index (χ4v) is 3.04. The molecule has 1 aliphatic rings. The van der Waals surface area contributed by atoms with Crippen molar-refractivity contribution in [3.63, 3.8) is 0 Å². The molecule has 4 nitrogen and oxygen atoms in total. The summed E-state index contributed by atoms with van der Waals surface area (Å²) in [6, 6.07) is 13.6. The van der Waals surface area contributed by atoms with Gasteiger partial charge in [-0.3, -0.25) is 4.79 Å². The van der Waals surface area contributed by atoms with Crippen LogP contribution in [0.15, 0.2) is 48.5 Å². The van der Waals surface area contributed by atoms with Crippen molar-refractivity contribution in [1.82, 2.24) is 5.32 Å². The Morgan fingerprint density at radius 3 is 2.60 bits per heavy atom. The molecular formula is C20H20FNO3. The molecule has 5 heteroatoms. The van der Waals surface area contributed by atoms with Crippen molar-refractivity contribution in [3.8, 4) is 0 Å². The van der Waals surface area contributed by atoms with Crippen LogP contribution in [0, 0.1) is 5.82 Å². The Morgan fingerprint density at radius 1 is 1.16 bits per heavy atom. The molecule has 1 aliphatic heterocycles. The largest absolute Gasteiger partial charge is 0.453 e. The molecule has 0 aliphatic carbocycles. The Bertz CT molecular complexity index is 816. The van der Waals surface area contributed by atoms with Crippen LogP contribution in [0.25, 0.3) is 0 Å². The molecule has 0 spiro atoms. The van der Waals surface area contributed by atoms with Crippen LogP contribution in [0.3, 0.4) is 0 Å². The summed E-state index contributed by atoms with van der Waals surface area (Å²) < 4.78 is 19.3. The summed E-state index contributed by atoms with van der Waals surface area (Å²) in [6.07, 6.45) is -0.517. The zero-order valence-electron chi connectivity index (χ0n) is 14.2. The number of esters is 1. The summed E-state index contributed by atoms with van der Waals surface area (Å²) in [6.45, 7) is 4.03. The van der Waals surface area contributed by atoms with Gasteiger partial charge >= 0.3 is 5.97 Å². The van der Waals surface area contributed by atoms with Gasteiger partial charge in [0.2, 0.25) is 5.91 Å². The molecule has 25 heavy (non-hydrogen) atoms. The zero-order chi connectivity index (χ0) is 18.0. The highest BCUT2D eigenvalue weighted by molar-refractivity contribution is 5.94. The number of carbonyl (C=O) groups is 2. The molecule has 1 N–H and O–H groups in total. The van der Waals surface area contributed by atoms with Crippen molar-refractivity contribution in [2.24, 2.45) is 0 Å². The topological polar surface area (TPSA) is 55.4 Å². The van der Waals surface area contributed by atoms with Crippen molar-refractivity contribution in [1.29, 1.82) is 0 Å². The van der Waals surface area contributed by atoms with E-state index in [0.717, 1.165) is 5.56 Å². The lowest BCUT2D eigenvalue weighted by Crippen LogP contribution is -2.37. The predicted octanol–water partition coefficient (Wildman–Crippen LogP) is 3.52. The van der Waals surface area contributed by atoms with Gasteiger partial charge in [0.15, 0.2) is 0 Å². The number of halogens is 1. The van der Waals surface area contributed by atoms with E-state index in [4.69, 9.17) is 4.74 Å². The summed E-state index contributed by atoms with van der Waals surface area (Å²) in [5.74, 6) is -0.931. The Balaban J connectivity index is 1.63. The number of ether oxygens (including phenoxy) is 1. The van der Waals surface area contributed by atoms with Crippen LogP contribution in [0.2, 0.25) is 0 Å². The van der Waals surface area contributed by atoms with E-state index in [1.54, 1.807) is 36.4 Å². The van der Waals surface area contributed by atoms with E-state index in [9.17, 15) is 14.0 Å². The summed E-state index contributed by atoms with van der Waals surface area (Å²) in [5.41, 5.74) is 1.24. The maximum atomic E-state index is 14.0. The predicted molar refractivity (Wildman–Crippen MR) is 91.7 cm³/mol. The molecule has 1 atom stereocenters. The van der Waals surface area contributed by atoms with Gasteiger partial charge in [-0.15, -0.1) is 0 Å². The number of fused-ring (bicyclic) bond motifs is 1. The summed E-state index contributed by atoms with van der Waals surface area (Å²) >= 11 is 0. The first-order chi connectivity index (χ1) is 11.9. The first-order valence-corrected chi connectivity index (χ1v) is 8.20. The highest BCUT2D eigenvalue weighted by Gasteiger charge is 2.32. The average Bonchev–Trinajstić information content (AvgIpc) is 2.90. The molecule has 2 aromatic rings. The molecule has 0 bridgehead atoms. The highest BCUT2D eigenvalue weighted by atomic mass is 19.1. The number of nitrogens with one attached hydrogen (secondary N) is 1. The van der Waals surface area contributed by atoms with Crippen LogP contribution >= 0.6 is 0 Å². The summed E-state index contributed by atoms with van der Waals surface area (Å²) in [5, 5.41) is 2.82. The van der Waals surface area contributed by atoms with Crippen LogP contribution in [0.5, 0.6) is 0 Å². The molecule has 0 fully saturated rings. The third-order valence-electron chi connectivity index (χ3n) is 4.48. The number of hydrogen-bond acceptors (Lipinski definition) is 3. The molecule has 0 saturated carbocycles. The quantitative estimate of drug-likeness (QED) is 0.847. The number of carbonyl (C=O) groups excluding carboxylic acids is 2. The van der Waals surface area contributed by atoms with E-state index in [0.29, 0.717) is 11.1 Å². The first-order valence-electron chi connectivity index (χ1n) is 8.20. The van der Waals surface area contributed by atoms with E-state index in [1.807, 2.05) is 19.9 Å². The third-order valence-corrected chi connectivity index (χ3v) is 4.48. The number of amides is 1. The lowest BCUT2D eigenvalue weighted by Gasteiger charge is -2.26. The Morgan fingerprint density at radius 2 is 1.84 bits per heavy atom. The van der Waals surface area contributed by atoms with Crippen LogP contribution in [0.4, 0.5) is 4.39 Å². The molecular weight excluding hydrogens is 321 g/mol. The van der Waals surface area contributed by atoms with Gasteiger partial charge in [-0.05, 0) is 17.7 Å². The maximum absolute atomic E-state index is 14.0. The Labute approximate surface area is 146 Å². The smallest absolute Gasteiger partial charge is 0.339 e. The van der Waals surface area contributed by atoms with Gasteiger partial charge in [0.25, 0.3) is 0 Å². The van der Waals surface area contributed by atoms with E-state index >= 15 is 0 Å². The fourth-order valence-electron chi connectivity index (χ4n) is 3.04. The zero-order valence-corrected chi connectivity index (χ0v) is 14.2. The lowest BCUT2D eigenvalue weighted by atomic mass is 9.84. The van der Waals surface area contributed by atoms with Gasteiger partial charge < -0.3 is 10.1 Å². The molecule has 2 aromatic carbocycles. The van der Waals surface area contributed by atoms with Gasteiger partial charge in [0, 0.05) is 17.5 Å². The second-order valence-electron chi connectivity index (χ2n) is 6.83. The number of benzene rings is 2. The molecule has 1 heterocycles. The second kappa shape index (κ2) is 6.67. The second-order valence-corrected chi connectivity index (χ2v) is 6.83. The minimum atomic E-state index is -0.569. The fraction of sp³-hybridized carbons (Fsp3) is 0.300. The normalized spacial score (nSPS) is 16.3. The van der Waals surface area contributed by atoms with Crippen molar-refractivity contribution in [3.05, 3.63) is 71.0 Å². The van der Waals surface area contributed by atoms with Gasteiger partial charge in [0.05, 0.1) is 12.0 Å².